The van der Waals surface area contributed by atoms with Crippen LogP contribution in [0.3, 0.4) is 0 Å². The summed E-state index contributed by atoms with van der Waals surface area (Å²) in [4.78, 5) is 27.1. The maximum atomic E-state index is 11.6. The minimum absolute atomic E-state index is 0.103. The number of hydrogen-bond acceptors (Lipinski definition) is 4. The maximum Gasteiger partial charge on any atom is 0.258 e. The van der Waals surface area contributed by atoms with Gasteiger partial charge in [0, 0.05) is 24.0 Å². The lowest BCUT2D eigenvalue weighted by Gasteiger charge is -2.08. The van der Waals surface area contributed by atoms with Crippen molar-refractivity contribution in [2.24, 2.45) is 0 Å². The molecule has 0 radical (unpaired) electrons. The van der Waals surface area contributed by atoms with Crippen LogP contribution < -0.4 is 15.4 Å². The Labute approximate surface area is 138 Å². The molecule has 2 N–H and O–H groups in total. The second-order valence-electron chi connectivity index (χ2n) is 4.65. The first-order valence-electron chi connectivity index (χ1n) is 6.94. The van der Waals surface area contributed by atoms with Gasteiger partial charge in [-0.15, -0.1) is 0 Å². The first-order valence-corrected chi connectivity index (χ1v) is 7.32. The van der Waals surface area contributed by atoms with E-state index in [0.29, 0.717) is 17.3 Å². The number of amides is 2. The fourth-order valence-corrected chi connectivity index (χ4v) is 1.80. The molecule has 1 aromatic carbocycles. The molecule has 0 aliphatic carbocycles. The van der Waals surface area contributed by atoms with Crippen molar-refractivity contribution in [3.05, 3.63) is 59.4 Å². The molecule has 1 aromatic heterocycles. The van der Waals surface area contributed by atoms with Gasteiger partial charge >= 0.3 is 0 Å². The molecular weight excluding hydrogens is 318 g/mol. The Balaban J connectivity index is 1.63. The van der Waals surface area contributed by atoms with Crippen molar-refractivity contribution in [2.45, 2.75) is 6.54 Å². The Hall–Kier alpha value is -2.60. The van der Waals surface area contributed by atoms with E-state index in [1.807, 2.05) is 0 Å². The minimum atomic E-state index is -0.376. The van der Waals surface area contributed by atoms with Gasteiger partial charge in [0.25, 0.3) is 5.91 Å². The van der Waals surface area contributed by atoms with Crippen molar-refractivity contribution in [2.75, 3.05) is 13.2 Å². The predicted molar refractivity (Wildman–Crippen MR) is 86.0 cm³/mol. The van der Waals surface area contributed by atoms with E-state index in [0.717, 1.165) is 5.56 Å². The zero-order valence-electron chi connectivity index (χ0n) is 12.3. The SMILES string of the molecule is O=C(CNC(=O)COc1ccc(Cl)cc1)NCc1ccncc1. The summed E-state index contributed by atoms with van der Waals surface area (Å²) in [5.41, 5.74) is 0.936. The van der Waals surface area contributed by atoms with Crippen LogP contribution in [0, 0.1) is 0 Å². The summed E-state index contributed by atoms with van der Waals surface area (Å²) in [6.45, 7) is 0.117. The lowest BCUT2D eigenvalue weighted by molar-refractivity contribution is -0.127. The Bertz CT molecular complexity index is 647. The third-order valence-electron chi connectivity index (χ3n) is 2.87. The topological polar surface area (TPSA) is 80.3 Å². The molecule has 2 rings (SSSR count). The highest BCUT2D eigenvalue weighted by Crippen LogP contribution is 2.15. The van der Waals surface area contributed by atoms with Crippen LogP contribution >= 0.6 is 11.6 Å². The zero-order chi connectivity index (χ0) is 16.5. The number of carbonyl (C=O) groups excluding carboxylic acids is 2. The largest absolute Gasteiger partial charge is 0.484 e. The number of nitrogens with one attached hydrogen (secondary N) is 2. The smallest absolute Gasteiger partial charge is 0.258 e. The van der Waals surface area contributed by atoms with E-state index in [4.69, 9.17) is 16.3 Å². The summed E-state index contributed by atoms with van der Waals surface area (Å²) in [5.74, 6) is -0.118. The van der Waals surface area contributed by atoms with E-state index in [9.17, 15) is 9.59 Å². The van der Waals surface area contributed by atoms with Crippen LogP contribution in [0.5, 0.6) is 5.75 Å². The van der Waals surface area contributed by atoms with Gasteiger partial charge in [-0.05, 0) is 42.0 Å². The van der Waals surface area contributed by atoms with Gasteiger partial charge in [0.05, 0.1) is 6.54 Å². The first kappa shape index (κ1) is 16.8. The van der Waals surface area contributed by atoms with Gasteiger partial charge in [-0.2, -0.15) is 0 Å². The average molecular weight is 334 g/mol. The summed E-state index contributed by atoms with van der Waals surface area (Å²) in [5, 5.41) is 5.77. The summed E-state index contributed by atoms with van der Waals surface area (Å²) in [6, 6.07) is 10.3. The molecule has 0 fully saturated rings. The summed E-state index contributed by atoms with van der Waals surface area (Å²) in [6.07, 6.45) is 3.30. The molecule has 0 atom stereocenters. The number of benzene rings is 1. The number of aromatic nitrogens is 1. The van der Waals surface area contributed by atoms with Gasteiger partial charge in [0.1, 0.15) is 5.75 Å². The van der Waals surface area contributed by atoms with Crippen LogP contribution in [-0.4, -0.2) is 29.9 Å². The highest BCUT2D eigenvalue weighted by Gasteiger charge is 2.06. The van der Waals surface area contributed by atoms with Gasteiger partial charge in [-0.3, -0.25) is 14.6 Å². The van der Waals surface area contributed by atoms with E-state index >= 15 is 0 Å². The Kier molecular flexibility index (Phi) is 6.38. The molecule has 0 saturated carbocycles. The van der Waals surface area contributed by atoms with Crippen LogP contribution in [0.2, 0.25) is 5.02 Å². The highest BCUT2D eigenvalue weighted by molar-refractivity contribution is 6.30. The van der Waals surface area contributed by atoms with Gasteiger partial charge in [0.15, 0.2) is 6.61 Å². The third-order valence-corrected chi connectivity index (χ3v) is 3.12. The van der Waals surface area contributed by atoms with E-state index in [2.05, 4.69) is 15.6 Å². The number of nitrogens with zero attached hydrogens (tertiary/aromatic N) is 1. The molecule has 0 unspecified atom stereocenters. The van der Waals surface area contributed by atoms with E-state index < -0.39 is 0 Å². The number of pyridine rings is 1. The molecule has 0 bridgehead atoms. The molecule has 2 amide bonds. The Morgan fingerprint density at radius 1 is 1.00 bits per heavy atom. The fraction of sp³-hybridized carbons (Fsp3) is 0.188. The lowest BCUT2D eigenvalue weighted by atomic mass is 10.3. The molecular formula is C16H16ClN3O3. The van der Waals surface area contributed by atoms with Crippen LogP contribution in [0.1, 0.15) is 5.56 Å². The van der Waals surface area contributed by atoms with E-state index in [1.165, 1.54) is 0 Å². The van der Waals surface area contributed by atoms with Crippen LogP contribution in [0.15, 0.2) is 48.8 Å². The summed E-state index contributed by atoms with van der Waals surface area (Å²) in [7, 11) is 0. The molecule has 120 valence electrons. The van der Waals surface area contributed by atoms with Crippen molar-refractivity contribution in [3.63, 3.8) is 0 Å². The molecule has 1 heterocycles. The molecule has 0 aliphatic heterocycles. The van der Waals surface area contributed by atoms with Crippen molar-refractivity contribution >= 4 is 23.4 Å². The van der Waals surface area contributed by atoms with Crippen LogP contribution in [-0.2, 0) is 16.1 Å². The zero-order valence-corrected chi connectivity index (χ0v) is 13.0. The number of halogens is 1. The summed E-state index contributed by atoms with van der Waals surface area (Å²) >= 11 is 5.75. The standard InChI is InChI=1S/C16H16ClN3O3/c17-13-1-3-14(4-2-13)23-11-16(22)20-10-15(21)19-9-12-5-7-18-8-6-12/h1-8H,9-11H2,(H,19,21)(H,20,22). The molecule has 6 nitrogen and oxygen atoms in total. The number of ether oxygens (including phenoxy) is 1. The van der Waals surface area contributed by atoms with Gasteiger partial charge in [-0.25, -0.2) is 0 Å². The van der Waals surface area contributed by atoms with Crippen LogP contribution in [0.4, 0.5) is 0 Å². The Morgan fingerprint density at radius 3 is 2.39 bits per heavy atom. The van der Waals surface area contributed by atoms with Gasteiger partial charge in [0.2, 0.25) is 5.91 Å². The minimum Gasteiger partial charge on any atom is -0.484 e. The van der Waals surface area contributed by atoms with Crippen molar-refractivity contribution in [3.8, 4) is 5.75 Å². The van der Waals surface area contributed by atoms with E-state index in [1.54, 1.807) is 48.8 Å². The molecule has 0 spiro atoms. The molecule has 0 saturated heterocycles. The van der Waals surface area contributed by atoms with E-state index in [-0.39, 0.29) is 25.0 Å². The fourth-order valence-electron chi connectivity index (χ4n) is 1.67. The number of carbonyl (C=O) groups is 2. The monoisotopic (exact) mass is 333 g/mol. The molecule has 0 aliphatic rings. The number of rotatable bonds is 7. The Morgan fingerprint density at radius 2 is 1.70 bits per heavy atom. The van der Waals surface area contributed by atoms with Crippen molar-refractivity contribution in [1.29, 1.82) is 0 Å². The second-order valence-corrected chi connectivity index (χ2v) is 5.09. The van der Waals surface area contributed by atoms with Gasteiger partial charge < -0.3 is 15.4 Å². The van der Waals surface area contributed by atoms with Crippen molar-refractivity contribution in [1.82, 2.24) is 15.6 Å². The van der Waals surface area contributed by atoms with Gasteiger partial charge in [-0.1, -0.05) is 11.6 Å². The maximum absolute atomic E-state index is 11.6. The van der Waals surface area contributed by atoms with Crippen LogP contribution in [0.25, 0.3) is 0 Å². The predicted octanol–water partition coefficient (Wildman–Crippen LogP) is 1.55. The highest BCUT2D eigenvalue weighted by atomic mass is 35.5. The molecule has 7 heteroatoms. The third kappa shape index (κ3) is 6.36. The second kappa shape index (κ2) is 8.75. The van der Waals surface area contributed by atoms with Crippen molar-refractivity contribution < 1.29 is 14.3 Å². The molecule has 2 aromatic rings. The quantitative estimate of drug-likeness (QED) is 0.805. The first-order chi connectivity index (χ1) is 11.1. The summed E-state index contributed by atoms with van der Waals surface area (Å²) < 4.78 is 5.28. The normalized spacial score (nSPS) is 9.96. The number of hydrogen-bond donors (Lipinski definition) is 2. The lowest BCUT2D eigenvalue weighted by Crippen LogP contribution is -2.38. The molecule has 23 heavy (non-hydrogen) atoms. The average Bonchev–Trinajstić information content (AvgIpc) is 2.58.